The number of aryl methyl sites for hydroxylation is 1. The summed E-state index contributed by atoms with van der Waals surface area (Å²) in [7, 11) is 1.83. The third kappa shape index (κ3) is 5.91. The fourth-order valence-corrected chi connectivity index (χ4v) is 4.51. The van der Waals surface area contributed by atoms with Crippen LogP contribution in [0.5, 0.6) is 0 Å². The molecule has 1 saturated heterocycles. The van der Waals surface area contributed by atoms with Crippen LogP contribution >= 0.6 is 0 Å². The van der Waals surface area contributed by atoms with Crippen LogP contribution < -0.4 is 15.5 Å². The van der Waals surface area contributed by atoms with Crippen LogP contribution in [0.25, 0.3) is 0 Å². The van der Waals surface area contributed by atoms with Gasteiger partial charge in [-0.2, -0.15) is 0 Å². The third-order valence-corrected chi connectivity index (χ3v) is 6.88. The zero-order valence-corrected chi connectivity index (χ0v) is 21.4. The summed E-state index contributed by atoms with van der Waals surface area (Å²) in [5.41, 5.74) is 4.22. The minimum absolute atomic E-state index is 0.0928. The number of carbonyl (C=O) groups is 2. The topological polar surface area (TPSA) is 77.6 Å². The predicted molar refractivity (Wildman–Crippen MR) is 144 cm³/mol. The zero-order valence-electron chi connectivity index (χ0n) is 21.4. The molecule has 0 bridgehead atoms. The van der Waals surface area contributed by atoms with Crippen molar-refractivity contribution in [3.63, 3.8) is 0 Å². The maximum Gasteiger partial charge on any atom is 0.247 e. The second-order valence-corrected chi connectivity index (χ2v) is 9.58. The Hall–Kier alpha value is -3.71. The van der Waals surface area contributed by atoms with Gasteiger partial charge in [-0.3, -0.25) is 9.59 Å². The Kier molecular flexibility index (Phi) is 8.00. The lowest BCUT2D eigenvalue weighted by molar-refractivity contribution is -0.132. The van der Waals surface area contributed by atoms with Gasteiger partial charge in [0.05, 0.1) is 11.9 Å². The van der Waals surface area contributed by atoms with Gasteiger partial charge in [-0.05, 0) is 43.0 Å². The lowest BCUT2D eigenvalue weighted by Gasteiger charge is -2.38. The molecule has 1 fully saturated rings. The molecular formula is C29H35N5O2. The summed E-state index contributed by atoms with van der Waals surface area (Å²) >= 11 is 0. The van der Waals surface area contributed by atoms with Crippen LogP contribution in [0.15, 0.2) is 72.9 Å². The first-order valence-electron chi connectivity index (χ1n) is 12.5. The highest BCUT2D eigenvalue weighted by Crippen LogP contribution is 2.23. The highest BCUT2D eigenvalue weighted by atomic mass is 16.2. The highest BCUT2D eigenvalue weighted by Gasteiger charge is 2.29. The lowest BCUT2D eigenvalue weighted by atomic mass is 9.98. The van der Waals surface area contributed by atoms with Gasteiger partial charge in [-0.1, -0.05) is 67.1 Å². The maximum absolute atomic E-state index is 13.4. The average Bonchev–Trinajstić information content (AvgIpc) is 2.89. The molecule has 2 N–H and O–H groups in total. The van der Waals surface area contributed by atoms with Crippen molar-refractivity contribution in [3.05, 3.63) is 89.6 Å². The molecule has 0 radical (unpaired) electrons. The van der Waals surface area contributed by atoms with Gasteiger partial charge >= 0.3 is 0 Å². The van der Waals surface area contributed by atoms with E-state index in [1.54, 1.807) is 17.2 Å². The van der Waals surface area contributed by atoms with Crippen molar-refractivity contribution in [1.82, 2.24) is 15.2 Å². The van der Waals surface area contributed by atoms with Crippen LogP contribution in [-0.4, -0.2) is 54.4 Å². The average molecular weight is 486 g/mol. The van der Waals surface area contributed by atoms with Crippen molar-refractivity contribution in [2.24, 2.45) is 0 Å². The number of aromatic nitrogens is 1. The van der Waals surface area contributed by atoms with Gasteiger partial charge in [0.1, 0.15) is 17.9 Å². The number of likely N-dealkylation sites (N-methyl/N-ethyl adjacent to an activating group) is 1. The number of nitrogens with zero attached hydrogens (tertiary/aromatic N) is 3. The molecule has 3 atom stereocenters. The molecule has 188 valence electrons. The van der Waals surface area contributed by atoms with E-state index in [4.69, 9.17) is 0 Å². The van der Waals surface area contributed by atoms with Crippen molar-refractivity contribution in [1.29, 1.82) is 0 Å². The van der Waals surface area contributed by atoms with Crippen LogP contribution in [0.4, 0.5) is 11.5 Å². The Morgan fingerprint density at radius 2 is 1.75 bits per heavy atom. The normalized spacial score (nSPS) is 17.6. The van der Waals surface area contributed by atoms with Crippen molar-refractivity contribution in [2.75, 3.05) is 36.9 Å². The molecule has 3 aromatic rings. The number of anilines is 2. The van der Waals surface area contributed by atoms with Gasteiger partial charge in [0.2, 0.25) is 11.8 Å². The van der Waals surface area contributed by atoms with E-state index in [2.05, 4.69) is 53.7 Å². The molecule has 1 unspecified atom stereocenters. The Morgan fingerprint density at radius 3 is 2.42 bits per heavy atom. The predicted octanol–water partition coefficient (Wildman–Crippen LogP) is 4.13. The molecule has 1 aliphatic rings. The van der Waals surface area contributed by atoms with Crippen LogP contribution in [0.3, 0.4) is 0 Å². The number of pyridine rings is 1. The summed E-state index contributed by atoms with van der Waals surface area (Å²) in [5.74, 6) is 0.650. The molecule has 4 rings (SSSR count). The summed E-state index contributed by atoms with van der Waals surface area (Å²) in [6.45, 7) is 8.21. The first kappa shape index (κ1) is 25.4. The van der Waals surface area contributed by atoms with Crippen LogP contribution in [0, 0.1) is 6.92 Å². The van der Waals surface area contributed by atoms with Gasteiger partial charge in [-0.25, -0.2) is 4.98 Å². The molecule has 2 aromatic carbocycles. The Bertz CT molecular complexity index is 1160. The lowest BCUT2D eigenvalue weighted by Crippen LogP contribution is -2.54. The third-order valence-electron chi connectivity index (χ3n) is 6.88. The summed E-state index contributed by atoms with van der Waals surface area (Å²) in [6.07, 6.45) is 1.72. The zero-order chi connectivity index (χ0) is 25.7. The Morgan fingerprint density at radius 1 is 1.03 bits per heavy atom. The quantitative estimate of drug-likeness (QED) is 0.502. The highest BCUT2D eigenvalue weighted by molar-refractivity contribution is 5.95. The number of piperazine rings is 1. The van der Waals surface area contributed by atoms with Crippen molar-refractivity contribution in [3.8, 4) is 0 Å². The molecular weight excluding hydrogens is 450 g/mol. The molecule has 7 nitrogen and oxygen atoms in total. The van der Waals surface area contributed by atoms with Gasteiger partial charge in [0.25, 0.3) is 0 Å². The van der Waals surface area contributed by atoms with Crippen molar-refractivity contribution >= 4 is 23.3 Å². The summed E-state index contributed by atoms with van der Waals surface area (Å²) in [5, 5.41) is 6.42. The molecule has 2 heterocycles. The number of hydrogen-bond donors (Lipinski definition) is 2. The number of amides is 2. The monoisotopic (exact) mass is 485 g/mol. The Labute approximate surface area is 213 Å². The molecule has 1 aromatic heterocycles. The van der Waals surface area contributed by atoms with E-state index in [1.807, 2.05) is 55.3 Å². The molecule has 36 heavy (non-hydrogen) atoms. The first-order chi connectivity index (χ1) is 17.3. The number of nitrogens with one attached hydrogen (secondary N) is 2. The minimum Gasteiger partial charge on any atom is -0.357 e. The first-order valence-corrected chi connectivity index (χ1v) is 12.5. The SMILES string of the molecule is Cc1ccc([C@H](C)CN[C@@H](C(=O)Nc2ccc(N3CCN(C)C(=O)C3C)cn2)c2ccccc2)cc1. The summed E-state index contributed by atoms with van der Waals surface area (Å²) < 4.78 is 0. The number of hydrogen-bond acceptors (Lipinski definition) is 5. The van der Waals surface area contributed by atoms with Gasteiger partial charge < -0.3 is 20.4 Å². The molecule has 2 amide bonds. The smallest absolute Gasteiger partial charge is 0.247 e. The molecule has 1 aliphatic heterocycles. The maximum atomic E-state index is 13.4. The largest absolute Gasteiger partial charge is 0.357 e. The molecule has 0 saturated carbocycles. The molecule has 0 spiro atoms. The van der Waals surface area contributed by atoms with E-state index in [0.717, 1.165) is 17.8 Å². The van der Waals surface area contributed by atoms with E-state index in [1.165, 1.54) is 11.1 Å². The van der Waals surface area contributed by atoms with E-state index in [-0.39, 0.29) is 23.8 Å². The van der Waals surface area contributed by atoms with Crippen LogP contribution in [-0.2, 0) is 9.59 Å². The van der Waals surface area contributed by atoms with Crippen LogP contribution in [0.2, 0.25) is 0 Å². The van der Waals surface area contributed by atoms with Crippen molar-refractivity contribution < 1.29 is 9.59 Å². The minimum atomic E-state index is -0.518. The van der Waals surface area contributed by atoms with Crippen LogP contribution in [0.1, 0.15) is 42.5 Å². The van der Waals surface area contributed by atoms with E-state index in [0.29, 0.717) is 18.9 Å². The van der Waals surface area contributed by atoms with Crippen molar-refractivity contribution in [2.45, 2.75) is 38.8 Å². The summed E-state index contributed by atoms with van der Waals surface area (Å²) in [4.78, 5) is 34.0. The summed E-state index contributed by atoms with van der Waals surface area (Å²) in [6, 6.07) is 21.2. The number of carbonyl (C=O) groups excluding carboxylic acids is 2. The number of rotatable bonds is 8. The van der Waals surface area contributed by atoms with E-state index >= 15 is 0 Å². The fraction of sp³-hybridized carbons (Fsp3) is 0.345. The van der Waals surface area contributed by atoms with Gasteiger partial charge in [0, 0.05) is 26.7 Å². The van der Waals surface area contributed by atoms with E-state index in [9.17, 15) is 9.59 Å². The fourth-order valence-electron chi connectivity index (χ4n) is 4.51. The van der Waals surface area contributed by atoms with E-state index < -0.39 is 6.04 Å². The standard InChI is InChI=1S/C29H35N5O2/c1-20-10-12-23(13-11-20)21(2)18-31-27(24-8-6-5-7-9-24)28(35)32-26-15-14-25(19-30-26)34-17-16-33(4)29(36)22(34)3/h5-15,19,21-22,27,31H,16-18H2,1-4H3,(H,30,32,35)/t21-,22?,27-/m1/s1. The van der Waals surface area contributed by atoms with Gasteiger partial charge in [-0.15, -0.1) is 0 Å². The number of benzene rings is 2. The second-order valence-electron chi connectivity index (χ2n) is 9.58. The Balaban J connectivity index is 1.44. The van der Waals surface area contributed by atoms with Gasteiger partial charge in [0.15, 0.2) is 0 Å². The molecule has 7 heteroatoms. The second kappa shape index (κ2) is 11.4. The molecule has 0 aliphatic carbocycles.